The first-order chi connectivity index (χ1) is 18.0. The van der Waals surface area contributed by atoms with Gasteiger partial charge in [-0.05, 0) is 67.7 Å². The normalized spacial score (nSPS) is 24.7. The highest BCUT2D eigenvalue weighted by Crippen LogP contribution is 2.59. The molecule has 0 saturated heterocycles. The van der Waals surface area contributed by atoms with Crippen LogP contribution in [0, 0.1) is 5.41 Å². The van der Waals surface area contributed by atoms with Crippen molar-refractivity contribution >= 4 is 17.3 Å². The van der Waals surface area contributed by atoms with Gasteiger partial charge in [0, 0.05) is 42.0 Å². The highest BCUT2D eigenvalue weighted by molar-refractivity contribution is 5.99. The van der Waals surface area contributed by atoms with E-state index in [0.717, 1.165) is 36.8 Å². The summed E-state index contributed by atoms with van der Waals surface area (Å²) >= 11 is 0. The molecule has 2 aromatic heterocycles. The van der Waals surface area contributed by atoms with Gasteiger partial charge >= 0.3 is 0 Å². The molecule has 0 radical (unpaired) electrons. The molecular weight excluding hydrogens is 462 g/mol. The van der Waals surface area contributed by atoms with Gasteiger partial charge in [-0.15, -0.1) is 0 Å². The second-order valence-electron chi connectivity index (χ2n) is 10.9. The van der Waals surface area contributed by atoms with Gasteiger partial charge in [0.1, 0.15) is 5.82 Å². The number of rotatable bonds is 7. The molecule has 7 heteroatoms. The third kappa shape index (κ3) is 4.80. The molecule has 6 rings (SSSR count). The van der Waals surface area contributed by atoms with E-state index in [2.05, 4.69) is 45.7 Å². The standard InChI is InChI=1S/C30H35N5O2/c1-35-18-24(17-33-35)23-14-25(28(31)32-16-23)29(36)34-26-8-5-13-30(26)15-27(30)37-19-20-9-11-22(12-10-20)21-6-3-2-4-7-21/h6,9-12,14,16-18,26-27H,2-5,7-8,13,15,19H2,1H3,(H2,31,32)(H,34,36). The number of aryl methyl sites for hydroxylation is 1. The van der Waals surface area contributed by atoms with E-state index in [1.54, 1.807) is 17.1 Å². The zero-order valence-corrected chi connectivity index (χ0v) is 21.5. The second-order valence-corrected chi connectivity index (χ2v) is 10.9. The number of pyridine rings is 1. The summed E-state index contributed by atoms with van der Waals surface area (Å²) in [4.78, 5) is 17.6. The van der Waals surface area contributed by atoms with Gasteiger partial charge in [-0.2, -0.15) is 5.10 Å². The maximum absolute atomic E-state index is 13.3. The summed E-state index contributed by atoms with van der Waals surface area (Å²) in [5.41, 5.74) is 12.3. The molecule has 3 N–H and O–H groups in total. The average molecular weight is 498 g/mol. The van der Waals surface area contributed by atoms with Crippen molar-refractivity contribution in [2.75, 3.05) is 5.73 Å². The molecule has 0 aliphatic heterocycles. The number of allylic oxidation sites excluding steroid dienone is 2. The molecule has 37 heavy (non-hydrogen) atoms. The monoisotopic (exact) mass is 497 g/mol. The maximum Gasteiger partial charge on any atom is 0.255 e. The van der Waals surface area contributed by atoms with Gasteiger partial charge < -0.3 is 15.8 Å². The minimum atomic E-state index is -0.166. The van der Waals surface area contributed by atoms with Crippen LogP contribution in [-0.4, -0.2) is 32.8 Å². The summed E-state index contributed by atoms with van der Waals surface area (Å²) in [6.07, 6.45) is 17.0. The first-order valence-corrected chi connectivity index (χ1v) is 13.5. The van der Waals surface area contributed by atoms with Crippen LogP contribution < -0.4 is 11.1 Å². The van der Waals surface area contributed by atoms with Crippen LogP contribution in [0.25, 0.3) is 16.7 Å². The number of amides is 1. The topological polar surface area (TPSA) is 95.1 Å². The fourth-order valence-electron chi connectivity index (χ4n) is 6.19. The number of anilines is 1. The van der Waals surface area contributed by atoms with Crippen LogP contribution in [0.3, 0.4) is 0 Å². The van der Waals surface area contributed by atoms with Crippen molar-refractivity contribution in [3.8, 4) is 11.1 Å². The Balaban J connectivity index is 1.08. The van der Waals surface area contributed by atoms with Gasteiger partial charge in [-0.3, -0.25) is 9.48 Å². The molecule has 3 atom stereocenters. The largest absolute Gasteiger partial charge is 0.383 e. The number of hydrogen-bond acceptors (Lipinski definition) is 5. The molecule has 3 aromatic rings. The van der Waals surface area contributed by atoms with Gasteiger partial charge in [-0.25, -0.2) is 4.98 Å². The zero-order chi connectivity index (χ0) is 25.4. The average Bonchev–Trinajstić information content (AvgIpc) is 3.20. The number of ether oxygens (including phenoxy) is 1. The Labute approximate surface area is 218 Å². The smallest absolute Gasteiger partial charge is 0.255 e. The molecule has 3 unspecified atom stereocenters. The van der Waals surface area contributed by atoms with Crippen LogP contribution in [0.4, 0.5) is 5.82 Å². The van der Waals surface area contributed by atoms with Crippen molar-refractivity contribution in [1.29, 1.82) is 0 Å². The quantitative estimate of drug-likeness (QED) is 0.463. The molecule has 0 bridgehead atoms. The third-order valence-corrected chi connectivity index (χ3v) is 8.45. The van der Waals surface area contributed by atoms with Crippen molar-refractivity contribution in [3.63, 3.8) is 0 Å². The Morgan fingerprint density at radius 2 is 2.03 bits per heavy atom. The van der Waals surface area contributed by atoms with E-state index >= 15 is 0 Å². The summed E-state index contributed by atoms with van der Waals surface area (Å²) in [6, 6.07) is 10.7. The summed E-state index contributed by atoms with van der Waals surface area (Å²) < 4.78 is 8.10. The summed E-state index contributed by atoms with van der Waals surface area (Å²) in [7, 11) is 1.86. The molecular formula is C30H35N5O2. The Hall–Kier alpha value is -3.45. The van der Waals surface area contributed by atoms with Crippen LogP contribution in [0.15, 0.2) is 55.0 Å². The zero-order valence-electron chi connectivity index (χ0n) is 21.5. The number of nitrogen functional groups attached to an aromatic ring is 1. The number of nitrogens with two attached hydrogens (primary N) is 1. The molecule has 2 saturated carbocycles. The molecule has 1 spiro atoms. The molecule has 3 aliphatic rings. The summed E-state index contributed by atoms with van der Waals surface area (Å²) in [5, 5.41) is 7.49. The lowest BCUT2D eigenvalue weighted by Gasteiger charge is -2.22. The molecule has 2 fully saturated rings. The SMILES string of the molecule is Cn1cc(-c2cnc(N)c(C(=O)NC3CCCC34CC4OCc3ccc(C4=CCCCC4)cc3)c2)cn1. The van der Waals surface area contributed by atoms with Crippen LogP contribution in [0.1, 0.15) is 72.9 Å². The van der Waals surface area contributed by atoms with E-state index in [1.807, 2.05) is 19.3 Å². The van der Waals surface area contributed by atoms with Crippen molar-refractivity contribution in [3.05, 3.63) is 71.7 Å². The maximum atomic E-state index is 13.3. The lowest BCUT2D eigenvalue weighted by atomic mass is 9.93. The molecule has 7 nitrogen and oxygen atoms in total. The van der Waals surface area contributed by atoms with Gasteiger partial charge in [0.05, 0.1) is 24.5 Å². The Morgan fingerprint density at radius 1 is 1.16 bits per heavy atom. The van der Waals surface area contributed by atoms with Gasteiger partial charge in [-0.1, -0.05) is 36.8 Å². The number of nitrogens with one attached hydrogen (secondary N) is 1. The number of carbonyl (C=O) groups excluding carboxylic acids is 1. The van der Waals surface area contributed by atoms with Gasteiger partial charge in [0.2, 0.25) is 0 Å². The highest BCUT2D eigenvalue weighted by atomic mass is 16.5. The minimum Gasteiger partial charge on any atom is -0.383 e. The van der Waals surface area contributed by atoms with Gasteiger partial charge in [0.15, 0.2) is 0 Å². The van der Waals surface area contributed by atoms with Crippen molar-refractivity contribution in [2.45, 2.75) is 70.1 Å². The fourth-order valence-corrected chi connectivity index (χ4v) is 6.19. The molecule has 2 heterocycles. The molecule has 1 amide bonds. The van der Waals surface area contributed by atoms with Crippen molar-refractivity contribution in [2.24, 2.45) is 12.5 Å². The summed E-state index contributed by atoms with van der Waals surface area (Å²) in [5.74, 6) is 0.0773. The van der Waals surface area contributed by atoms with E-state index in [1.165, 1.54) is 42.4 Å². The third-order valence-electron chi connectivity index (χ3n) is 8.45. The summed E-state index contributed by atoms with van der Waals surface area (Å²) in [6.45, 7) is 0.608. The van der Waals surface area contributed by atoms with Crippen molar-refractivity contribution in [1.82, 2.24) is 20.1 Å². The van der Waals surface area contributed by atoms with E-state index in [9.17, 15) is 4.79 Å². The van der Waals surface area contributed by atoms with Gasteiger partial charge in [0.25, 0.3) is 5.91 Å². The number of aromatic nitrogens is 3. The minimum absolute atomic E-state index is 0.0334. The number of hydrogen-bond donors (Lipinski definition) is 2. The Morgan fingerprint density at radius 3 is 2.78 bits per heavy atom. The lowest BCUT2D eigenvalue weighted by molar-refractivity contribution is 0.0682. The second kappa shape index (κ2) is 9.78. The van der Waals surface area contributed by atoms with E-state index in [4.69, 9.17) is 10.5 Å². The Kier molecular flexibility index (Phi) is 6.32. The lowest BCUT2D eigenvalue weighted by Crippen LogP contribution is -2.40. The number of carbonyl (C=O) groups is 1. The van der Waals surface area contributed by atoms with E-state index in [-0.39, 0.29) is 29.3 Å². The van der Waals surface area contributed by atoms with Crippen molar-refractivity contribution < 1.29 is 9.53 Å². The van der Waals surface area contributed by atoms with E-state index in [0.29, 0.717) is 12.2 Å². The highest BCUT2D eigenvalue weighted by Gasteiger charge is 2.62. The number of benzene rings is 1. The van der Waals surface area contributed by atoms with Crippen LogP contribution in [-0.2, 0) is 18.4 Å². The fraction of sp³-hybridized carbons (Fsp3) is 0.433. The first kappa shape index (κ1) is 23.9. The molecule has 1 aromatic carbocycles. The van der Waals surface area contributed by atoms with Crippen LogP contribution in [0.5, 0.6) is 0 Å². The van der Waals surface area contributed by atoms with Crippen LogP contribution >= 0.6 is 0 Å². The predicted molar refractivity (Wildman–Crippen MR) is 144 cm³/mol. The van der Waals surface area contributed by atoms with Crippen LogP contribution in [0.2, 0.25) is 0 Å². The predicted octanol–water partition coefficient (Wildman–Crippen LogP) is 5.28. The first-order valence-electron chi connectivity index (χ1n) is 13.5. The molecule has 3 aliphatic carbocycles. The molecule has 192 valence electrons. The Bertz CT molecular complexity index is 1330. The van der Waals surface area contributed by atoms with E-state index < -0.39 is 0 Å². The number of nitrogens with zero attached hydrogens (tertiary/aromatic N) is 3.